The summed E-state index contributed by atoms with van der Waals surface area (Å²) in [6.07, 6.45) is 5.38. The van der Waals surface area contributed by atoms with Gasteiger partial charge in [0.25, 0.3) is 0 Å². The number of nitrogens with zero attached hydrogens (tertiary/aromatic N) is 1. The van der Waals surface area contributed by atoms with E-state index in [2.05, 4.69) is 67.2 Å². The first-order chi connectivity index (χ1) is 9.10. The van der Waals surface area contributed by atoms with Crippen molar-refractivity contribution in [3.63, 3.8) is 0 Å². The molecule has 1 saturated heterocycles. The zero-order valence-electron chi connectivity index (χ0n) is 11.3. The fraction of sp³-hybridized carbons (Fsp3) is 0.600. The fourth-order valence-corrected chi connectivity index (χ4v) is 4.25. The Bertz CT molecular complexity index is 469. The van der Waals surface area contributed by atoms with E-state index in [1.165, 1.54) is 35.8 Å². The van der Waals surface area contributed by atoms with Gasteiger partial charge in [-0.05, 0) is 53.9 Å². The number of rotatable bonds is 1. The lowest BCUT2D eigenvalue weighted by molar-refractivity contribution is 0.276. The summed E-state index contributed by atoms with van der Waals surface area (Å²) in [4.78, 5) is 2.57. The van der Waals surface area contributed by atoms with E-state index in [0.717, 1.165) is 17.6 Å². The molecule has 1 atom stereocenters. The van der Waals surface area contributed by atoms with Gasteiger partial charge in [0.15, 0.2) is 0 Å². The first-order valence-corrected chi connectivity index (χ1v) is 8.65. The molecule has 0 aromatic heterocycles. The predicted octanol–water partition coefficient (Wildman–Crippen LogP) is 4.32. The van der Waals surface area contributed by atoms with Gasteiger partial charge in [-0.15, -0.1) is 0 Å². The lowest BCUT2D eigenvalue weighted by atomic mass is 9.92. The molecule has 3 rings (SSSR count). The summed E-state index contributed by atoms with van der Waals surface area (Å²) in [5, 5.41) is 3.81. The van der Waals surface area contributed by atoms with Crippen molar-refractivity contribution < 1.29 is 0 Å². The van der Waals surface area contributed by atoms with E-state index < -0.39 is 0 Å². The molecule has 2 aliphatic rings. The van der Waals surface area contributed by atoms with Gasteiger partial charge in [0.05, 0.1) is 5.69 Å². The van der Waals surface area contributed by atoms with E-state index in [0.29, 0.717) is 11.6 Å². The van der Waals surface area contributed by atoms with Gasteiger partial charge >= 0.3 is 0 Å². The molecule has 2 fully saturated rings. The molecule has 1 spiro atoms. The second-order valence-corrected chi connectivity index (χ2v) is 7.71. The topological polar surface area (TPSA) is 15.3 Å². The molecule has 1 heterocycles. The second kappa shape index (κ2) is 5.38. The Morgan fingerprint density at radius 2 is 2.00 bits per heavy atom. The van der Waals surface area contributed by atoms with Crippen LogP contribution in [0.25, 0.3) is 0 Å². The smallest absolute Gasteiger partial charge is 0.0525 e. The molecule has 1 aliphatic carbocycles. The van der Waals surface area contributed by atoms with E-state index >= 15 is 0 Å². The summed E-state index contributed by atoms with van der Waals surface area (Å²) in [6, 6.07) is 6.99. The molecule has 1 unspecified atom stereocenters. The maximum Gasteiger partial charge on any atom is 0.0525 e. The molecule has 0 radical (unpaired) electrons. The van der Waals surface area contributed by atoms with Crippen LogP contribution in [0, 0.1) is 0 Å². The zero-order chi connectivity index (χ0) is 13.5. The number of hydrogen-bond acceptors (Lipinski definition) is 2. The molecule has 4 heteroatoms. The summed E-state index contributed by atoms with van der Waals surface area (Å²) < 4.78 is 2.34. The van der Waals surface area contributed by atoms with Crippen LogP contribution in [0.2, 0.25) is 0 Å². The Labute approximate surface area is 132 Å². The molecule has 0 bridgehead atoms. The van der Waals surface area contributed by atoms with Crippen LogP contribution < -0.4 is 10.2 Å². The highest BCUT2D eigenvalue weighted by Crippen LogP contribution is 2.38. The van der Waals surface area contributed by atoms with Crippen LogP contribution in [0.1, 0.15) is 32.6 Å². The van der Waals surface area contributed by atoms with Crippen molar-refractivity contribution >= 4 is 37.5 Å². The van der Waals surface area contributed by atoms with Gasteiger partial charge in [-0.1, -0.05) is 28.8 Å². The van der Waals surface area contributed by atoms with Crippen LogP contribution in [0.15, 0.2) is 27.1 Å². The normalized spacial score (nSPS) is 26.1. The molecule has 1 aromatic rings. The monoisotopic (exact) mass is 386 g/mol. The number of halogens is 2. The minimum absolute atomic E-state index is 0.355. The highest BCUT2D eigenvalue weighted by molar-refractivity contribution is 9.11. The minimum Gasteiger partial charge on any atom is -0.365 e. The van der Waals surface area contributed by atoms with Crippen molar-refractivity contribution in [1.82, 2.24) is 5.32 Å². The van der Waals surface area contributed by atoms with Gasteiger partial charge in [0, 0.05) is 33.6 Å². The van der Waals surface area contributed by atoms with Crippen LogP contribution in [0.4, 0.5) is 5.69 Å². The molecule has 1 aliphatic heterocycles. The largest absolute Gasteiger partial charge is 0.365 e. The van der Waals surface area contributed by atoms with E-state index in [4.69, 9.17) is 0 Å². The van der Waals surface area contributed by atoms with Crippen molar-refractivity contribution in [3.05, 3.63) is 27.1 Å². The Kier molecular flexibility index (Phi) is 3.93. The summed E-state index contributed by atoms with van der Waals surface area (Å²) in [6.45, 7) is 4.52. The fourth-order valence-electron chi connectivity index (χ4n) is 3.43. The summed E-state index contributed by atoms with van der Waals surface area (Å²) in [5.74, 6) is 0. The van der Waals surface area contributed by atoms with Crippen molar-refractivity contribution in [2.75, 3.05) is 18.0 Å². The number of piperazine rings is 1. The molecule has 2 nitrogen and oxygen atoms in total. The third-order valence-electron chi connectivity index (χ3n) is 4.56. The summed E-state index contributed by atoms with van der Waals surface area (Å²) in [5.41, 5.74) is 1.67. The maximum atomic E-state index is 3.81. The van der Waals surface area contributed by atoms with Gasteiger partial charge in [-0.3, -0.25) is 0 Å². The molecule has 0 amide bonds. The molecular formula is C15H20Br2N2. The lowest BCUT2D eigenvalue weighted by Crippen LogP contribution is -2.62. The van der Waals surface area contributed by atoms with Crippen LogP contribution in [-0.4, -0.2) is 24.7 Å². The van der Waals surface area contributed by atoms with Crippen molar-refractivity contribution in [3.8, 4) is 0 Å². The molecule has 1 saturated carbocycles. The van der Waals surface area contributed by atoms with Gasteiger partial charge < -0.3 is 10.2 Å². The van der Waals surface area contributed by atoms with Crippen LogP contribution >= 0.6 is 31.9 Å². The van der Waals surface area contributed by atoms with Gasteiger partial charge in [0.1, 0.15) is 0 Å². The Morgan fingerprint density at radius 3 is 2.74 bits per heavy atom. The molecule has 19 heavy (non-hydrogen) atoms. The first-order valence-electron chi connectivity index (χ1n) is 7.06. The van der Waals surface area contributed by atoms with E-state index in [1.807, 2.05) is 0 Å². The third kappa shape index (κ3) is 2.72. The average Bonchev–Trinajstić information content (AvgIpc) is 2.84. The quantitative estimate of drug-likeness (QED) is 0.771. The standard InChI is InChI=1S/C15H20Br2N2/c1-11-9-18-15(6-2-3-7-15)10-19(11)14-8-12(16)4-5-13(14)17/h4-5,8,11,18H,2-3,6-7,9-10H2,1H3. The highest BCUT2D eigenvalue weighted by atomic mass is 79.9. The summed E-state index contributed by atoms with van der Waals surface area (Å²) >= 11 is 7.30. The summed E-state index contributed by atoms with van der Waals surface area (Å²) in [7, 11) is 0. The SMILES string of the molecule is CC1CNC2(CCCC2)CN1c1cc(Br)ccc1Br. The number of anilines is 1. The molecule has 104 valence electrons. The molecule has 1 N–H and O–H groups in total. The predicted molar refractivity (Wildman–Crippen MR) is 87.9 cm³/mol. The van der Waals surface area contributed by atoms with Gasteiger partial charge in [-0.25, -0.2) is 0 Å². The zero-order valence-corrected chi connectivity index (χ0v) is 14.4. The lowest BCUT2D eigenvalue weighted by Gasteiger charge is -2.47. The molecular weight excluding hydrogens is 368 g/mol. The van der Waals surface area contributed by atoms with Crippen LogP contribution in [0.5, 0.6) is 0 Å². The minimum atomic E-state index is 0.355. The number of nitrogens with one attached hydrogen (secondary N) is 1. The van der Waals surface area contributed by atoms with Crippen molar-refractivity contribution in [1.29, 1.82) is 0 Å². The Morgan fingerprint density at radius 1 is 1.26 bits per heavy atom. The van der Waals surface area contributed by atoms with E-state index in [-0.39, 0.29) is 0 Å². The van der Waals surface area contributed by atoms with Crippen LogP contribution in [-0.2, 0) is 0 Å². The van der Waals surface area contributed by atoms with Crippen molar-refractivity contribution in [2.45, 2.75) is 44.2 Å². The van der Waals surface area contributed by atoms with Crippen LogP contribution in [0.3, 0.4) is 0 Å². The first kappa shape index (κ1) is 13.9. The Hall–Kier alpha value is -0.0600. The molecule has 1 aromatic carbocycles. The van der Waals surface area contributed by atoms with Crippen molar-refractivity contribution in [2.24, 2.45) is 0 Å². The number of benzene rings is 1. The van der Waals surface area contributed by atoms with Gasteiger partial charge in [0.2, 0.25) is 0 Å². The number of hydrogen-bond donors (Lipinski definition) is 1. The third-order valence-corrected chi connectivity index (χ3v) is 5.72. The van der Waals surface area contributed by atoms with E-state index in [1.54, 1.807) is 0 Å². The average molecular weight is 388 g/mol. The highest BCUT2D eigenvalue weighted by Gasteiger charge is 2.40. The van der Waals surface area contributed by atoms with E-state index in [9.17, 15) is 0 Å². The Balaban J connectivity index is 1.91. The maximum absolute atomic E-state index is 3.81. The second-order valence-electron chi connectivity index (χ2n) is 5.94. The van der Waals surface area contributed by atoms with Gasteiger partial charge in [-0.2, -0.15) is 0 Å².